The molecule has 4 atom stereocenters. The van der Waals surface area contributed by atoms with Crippen molar-refractivity contribution in [3.8, 4) is 17.2 Å². The standard InChI is InChI=1S/C26H24FNO6/c1-31-17-6-3-15(4-7-17)23-22-24(29)18-11-16(27)5-9-19(18)34-25(22)26(30)28(23)12-14-2-8-20-21(10-14)33-13-32-20/h2-4,6-8,10,16,18-19,23H,5,9,11-13H2,1H3. The summed E-state index contributed by atoms with van der Waals surface area (Å²) in [6, 6.07) is 12.2. The first-order valence-corrected chi connectivity index (χ1v) is 11.5. The van der Waals surface area contributed by atoms with E-state index in [0.717, 1.165) is 11.1 Å². The minimum atomic E-state index is -1.03. The Labute approximate surface area is 196 Å². The van der Waals surface area contributed by atoms with Crippen molar-refractivity contribution in [1.29, 1.82) is 0 Å². The summed E-state index contributed by atoms with van der Waals surface area (Å²) in [7, 11) is 1.58. The van der Waals surface area contributed by atoms with E-state index in [1.165, 1.54) is 0 Å². The van der Waals surface area contributed by atoms with Crippen LogP contribution in [0.15, 0.2) is 53.8 Å². The molecule has 0 aromatic heterocycles. The van der Waals surface area contributed by atoms with Crippen LogP contribution in [0.4, 0.5) is 4.39 Å². The number of Topliss-reactive ketones (excluding diaryl/α,β-unsaturated/α-hetero) is 1. The van der Waals surface area contributed by atoms with Gasteiger partial charge in [-0.1, -0.05) is 18.2 Å². The van der Waals surface area contributed by atoms with Crippen LogP contribution in [0.5, 0.6) is 17.2 Å². The highest BCUT2D eigenvalue weighted by Gasteiger charge is 2.52. The first-order valence-electron chi connectivity index (χ1n) is 11.5. The highest BCUT2D eigenvalue weighted by molar-refractivity contribution is 6.11. The Bertz CT molecular complexity index is 1190. The average Bonchev–Trinajstić information content (AvgIpc) is 3.43. The van der Waals surface area contributed by atoms with Crippen molar-refractivity contribution < 1.29 is 32.9 Å². The Morgan fingerprint density at radius 2 is 1.85 bits per heavy atom. The minimum absolute atomic E-state index is 0.102. The predicted molar refractivity (Wildman–Crippen MR) is 118 cm³/mol. The largest absolute Gasteiger partial charge is 0.497 e. The molecule has 4 aliphatic rings. The first kappa shape index (κ1) is 21.0. The third-order valence-electron chi connectivity index (χ3n) is 7.10. The molecule has 1 saturated carbocycles. The molecule has 34 heavy (non-hydrogen) atoms. The van der Waals surface area contributed by atoms with Crippen molar-refractivity contribution in [2.24, 2.45) is 5.92 Å². The molecule has 1 aliphatic carbocycles. The van der Waals surface area contributed by atoms with Crippen molar-refractivity contribution in [3.63, 3.8) is 0 Å². The Hall–Kier alpha value is -3.55. The average molecular weight is 465 g/mol. The van der Waals surface area contributed by atoms with Gasteiger partial charge < -0.3 is 23.8 Å². The van der Waals surface area contributed by atoms with Crippen molar-refractivity contribution in [2.75, 3.05) is 13.9 Å². The van der Waals surface area contributed by atoms with Gasteiger partial charge in [-0.3, -0.25) is 9.59 Å². The molecule has 6 rings (SSSR count). The van der Waals surface area contributed by atoms with Gasteiger partial charge in [-0.05, 0) is 54.7 Å². The number of hydrogen-bond donors (Lipinski definition) is 0. The van der Waals surface area contributed by atoms with Crippen molar-refractivity contribution in [2.45, 2.75) is 44.1 Å². The van der Waals surface area contributed by atoms with Gasteiger partial charge in [-0.2, -0.15) is 0 Å². The van der Waals surface area contributed by atoms with E-state index in [1.54, 1.807) is 24.1 Å². The molecule has 0 spiro atoms. The zero-order valence-electron chi connectivity index (χ0n) is 18.7. The minimum Gasteiger partial charge on any atom is -0.497 e. The predicted octanol–water partition coefficient (Wildman–Crippen LogP) is 3.87. The van der Waals surface area contributed by atoms with Crippen LogP contribution < -0.4 is 14.2 Å². The number of fused-ring (bicyclic) bond motifs is 2. The number of alkyl halides is 1. The van der Waals surface area contributed by atoms with Crippen molar-refractivity contribution in [3.05, 3.63) is 64.9 Å². The number of halogens is 1. The zero-order valence-corrected chi connectivity index (χ0v) is 18.7. The first-order chi connectivity index (χ1) is 16.5. The topological polar surface area (TPSA) is 74.3 Å². The van der Waals surface area contributed by atoms with E-state index < -0.39 is 24.2 Å². The number of rotatable bonds is 4. The van der Waals surface area contributed by atoms with Gasteiger partial charge in [0.05, 0.1) is 24.6 Å². The molecule has 2 aromatic rings. The summed E-state index contributed by atoms with van der Waals surface area (Å²) >= 11 is 0. The molecule has 0 N–H and O–H groups in total. The van der Waals surface area contributed by atoms with Gasteiger partial charge in [0, 0.05) is 6.54 Å². The van der Waals surface area contributed by atoms with Crippen LogP contribution in [0.2, 0.25) is 0 Å². The molecule has 176 valence electrons. The number of ether oxygens (including phenoxy) is 4. The monoisotopic (exact) mass is 465 g/mol. The summed E-state index contributed by atoms with van der Waals surface area (Å²) in [6.07, 6.45) is -0.585. The number of methoxy groups -OCH3 is 1. The second-order valence-electron chi connectivity index (χ2n) is 9.08. The lowest BCUT2D eigenvalue weighted by atomic mass is 9.77. The van der Waals surface area contributed by atoms with Crippen LogP contribution in [0.25, 0.3) is 0 Å². The van der Waals surface area contributed by atoms with E-state index in [2.05, 4.69) is 0 Å². The van der Waals surface area contributed by atoms with E-state index in [4.69, 9.17) is 18.9 Å². The number of nitrogens with zero attached hydrogens (tertiary/aromatic N) is 1. The Kier molecular flexibility index (Phi) is 4.97. The lowest BCUT2D eigenvalue weighted by Gasteiger charge is -2.36. The van der Waals surface area contributed by atoms with Gasteiger partial charge in [-0.25, -0.2) is 4.39 Å². The van der Waals surface area contributed by atoms with Crippen molar-refractivity contribution >= 4 is 11.7 Å². The number of benzene rings is 2. The van der Waals surface area contributed by atoms with Gasteiger partial charge in [0.2, 0.25) is 6.79 Å². The van der Waals surface area contributed by atoms with E-state index in [0.29, 0.717) is 35.7 Å². The van der Waals surface area contributed by atoms with Crippen LogP contribution in [-0.4, -0.2) is 42.8 Å². The van der Waals surface area contributed by atoms with E-state index in [-0.39, 0.29) is 37.2 Å². The molecule has 0 radical (unpaired) electrons. The molecule has 1 fully saturated rings. The fourth-order valence-electron chi connectivity index (χ4n) is 5.39. The molecular formula is C26H24FNO6. The molecule has 3 heterocycles. The maximum absolute atomic E-state index is 14.2. The Balaban J connectivity index is 1.40. The molecule has 8 heteroatoms. The molecule has 4 unspecified atom stereocenters. The van der Waals surface area contributed by atoms with Crippen LogP contribution in [0, 0.1) is 5.92 Å². The molecule has 2 aromatic carbocycles. The third kappa shape index (κ3) is 3.31. The number of carbonyl (C=O) groups excluding carboxylic acids is 2. The van der Waals surface area contributed by atoms with Gasteiger partial charge in [0.1, 0.15) is 18.0 Å². The molecular weight excluding hydrogens is 441 g/mol. The normalized spacial score (nSPS) is 27.4. The molecule has 7 nitrogen and oxygen atoms in total. The highest BCUT2D eigenvalue weighted by atomic mass is 19.1. The lowest BCUT2D eigenvalue weighted by molar-refractivity contribution is -0.136. The van der Waals surface area contributed by atoms with E-state index in [1.807, 2.05) is 30.3 Å². The Morgan fingerprint density at radius 1 is 1.06 bits per heavy atom. The van der Waals surface area contributed by atoms with Crippen LogP contribution in [-0.2, 0) is 20.9 Å². The fourth-order valence-corrected chi connectivity index (χ4v) is 5.39. The molecule has 1 amide bonds. The molecule has 0 bridgehead atoms. The maximum Gasteiger partial charge on any atom is 0.290 e. The summed E-state index contributed by atoms with van der Waals surface area (Å²) in [5, 5.41) is 0. The fraction of sp³-hybridized carbons (Fsp3) is 0.385. The number of carbonyl (C=O) groups is 2. The van der Waals surface area contributed by atoms with Crippen LogP contribution in [0.1, 0.15) is 36.4 Å². The highest BCUT2D eigenvalue weighted by Crippen LogP contribution is 2.48. The number of hydrogen-bond acceptors (Lipinski definition) is 6. The summed E-state index contributed by atoms with van der Waals surface area (Å²) in [6.45, 7) is 0.406. The number of amides is 1. The zero-order chi connectivity index (χ0) is 23.4. The second-order valence-corrected chi connectivity index (χ2v) is 9.08. The van der Waals surface area contributed by atoms with E-state index in [9.17, 15) is 14.0 Å². The van der Waals surface area contributed by atoms with Crippen LogP contribution in [0.3, 0.4) is 0 Å². The van der Waals surface area contributed by atoms with Crippen LogP contribution >= 0.6 is 0 Å². The maximum atomic E-state index is 14.2. The van der Waals surface area contributed by atoms with Gasteiger partial charge in [0.25, 0.3) is 5.91 Å². The molecule has 3 aliphatic heterocycles. The SMILES string of the molecule is COc1ccc(C2C3=C(OC4CCC(F)CC4C3=O)C(=O)N2Cc2ccc3c(c2)OCO3)cc1. The summed E-state index contributed by atoms with van der Waals surface area (Å²) < 4.78 is 36.5. The van der Waals surface area contributed by atoms with Gasteiger partial charge >= 0.3 is 0 Å². The summed E-state index contributed by atoms with van der Waals surface area (Å²) in [4.78, 5) is 28.9. The molecule has 0 saturated heterocycles. The van der Waals surface area contributed by atoms with Gasteiger partial charge in [0.15, 0.2) is 23.0 Å². The quantitative estimate of drug-likeness (QED) is 0.683. The van der Waals surface area contributed by atoms with E-state index >= 15 is 0 Å². The van der Waals surface area contributed by atoms with Crippen molar-refractivity contribution in [1.82, 2.24) is 4.90 Å². The van der Waals surface area contributed by atoms with Gasteiger partial charge in [-0.15, -0.1) is 0 Å². The Morgan fingerprint density at radius 3 is 2.65 bits per heavy atom. The second kappa shape index (κ2) is 8.04. The number of ketones is 1. The lowest BCUT2D eigenvalue weighted by Crippen LogP contribution is -2.42. The third-order valence-corrected chi connectivity index (χ3v) is 7.10. The summed E-state index contributed by atoms with van der Waals surface area (Å²) in [5.74, 6) is 0.966. The summed E-state index contributed by atoms with van der Waals surface area (Å²) in [5.41, 5.74) is 1.93. The smallest absolute Gasteiger partial charge is 0.290 e.